The smallest absolute Gasteiger partial charge is 0.274 e. The van der Waals surface area contributed by atoms with Gasteiger partial charge in [-0.2, -0.15) is 5.10 Å². The summed E-state index contributed by atoms with van der Waals surface area (Å²) >= 11 is 0. The minimum absolute atomic E-state index is 0.144. The van der Waals surface area contributed by atoms with Crippen LogP contribution >= 0.6 is 0 Å². The number of benzene rings is 2. The fraction of sp³-hybridized carbons (Fsp3) is 0.200. The normalized spacial score (nSPS) is 10.4. The van der Waals surface area contributed by atoms with Crippen molar-refractivity contribution in [3.8, 4) is 23.0 Å². The zero-order valence-corrected chi connectivity index (χ0v) is 16.7. The van der Waals surface area contributed by atoms with Gasteiger partial charge in [0, 0.05) is 23.3 Å². The molecule has 0 atom stereocenters. The van der Waals surface area contributed by atoms with Crippen LogP contribution in [0, 0.1) is 10.1 Å². The molecule has 0 aromatic heterocycles. The van der Waals surface area contributed by atoms with Crippen LogP contribution in [0.2, 0.25) is 0 Å². The van der Waals surface area contributed by atoms with Crippen LogP contribution < -0.4 is 24.4 Å². The van der Waals surface area contributed by atoms with Gasteiger partial charge in [-0.15, -0.1) is 0 Å². The van der Waals surface area contributed by atoms with Crippen LogP contribution in [0.4, 0.5) is 5.69 Å². The Labute approximate surface area is 172 Å². The number of nitrogens with one attached hydrogen (secondary N) is 1. The van der Waals surface area contributed by atoms with Crippen LogP contribution in [-0.4, -0.2) is 45.0 Å². The molecule has 0 unspecified atom stereocenters. The second-order valence-corrected chi connectivity index (χ2v) is 5.72. The molecule has 0 aliphatic carbocycles. The van der Waals surface area contributed by atoms with Gasteiger partial charge in [-0.1, -0.05) is 12.7 Å². The predicted octanol–water partition coefficient (Wildman–Crippen LogP) is 2.95. The highest BCUT2D eigenvalue weighted by atomic mass is 16.6. The third-order valence-electron chi connectivity index (χ3n) is 3.83. The van der Waals surface area contributed by atoms with Crippen LogP contribution in [0.25, 0.3) is 0 Å². The minimum atomic E-state index is -0.571. The van der Waals surface area contributed by atoms with E-state index in [0.29, 0.717) is 11.5 Å². The number of nitro benzene ring substituents is 1. The summed E-state index contributed by atoms with van der Waals surface area (Å²) in [4.78, 5) is 23.0. The maximum atomic E-state index is 12.4. The average molecular weight is 415 g/mol. The summed E-state index contributed by atoms with van der Waals surface area (Å²) in [7, 11) is 4.29. The van der Waals surface area contributed by atoms with Crippen molar-refractivity contribution < 1.29 is 28.7 Å². The van der Waals surface area contributed by atoms with E-state index in [0.717, 1.165) is 0 Å². The monoisotopic (exact) mass is 415 g/mol. The Bertz CT molecular complexity index is 951. The Morgan fingerprint density at radius 1 is 1.13 bits per heavy atom. The van der Waals surface area contributed by atoms with Crippen molar-refractivity contribution in [3.05, 3.63) is 64.2 Å². The summed E-state index contributed by atoms with van der Waals surface area (Å²) in [6.45, 7) is 3.71. The van der Waals surface area contributed by atoms with Crippen LogP contribution in [-0.2, 0) is 0 Å². The van der Waals surface area contributed by atoms with Crippen LogP contribution in [0.3, 0.4) is 0 Å². The van der Waals surface area contributed by atoms with E-state index in [4.69, 9.17) is 18.9 Å². The Morgan fingerprint density at radius 3 is 2.33 bits per heavy atom. The molecule has 158 valence electrons. The summed E-state index contributed by atoms with van der Waals surface area (Å²) in [5, 5.41) is 15.1. The summed E-state index contributed by atoms with van der Waals surface area (Å²) in [6.07, 6.45) is 2.74. The highest BCUT2D eigenvalue weighted by Crippen LogP contribution is 2.35. The number of nitrogens with zero attached hydrogens (tertiary/aromatic N) is 2. The molecular weight excluding hydrogens is 394 g/mol. The highest BCUT2D eigenvalue weighted by molar-refractivity contribution is 5.96. The molecule has 0 saturated heterocycles. The van der Waals surface area contributed by atoms with Gasteiger partial charge in [-0.05, 0) is 12.1 Å². The first-order valence-electron chi connectivity index (χ1n) is 8.60. The fourth-order valence-electron chi connectivity index (χ4n) is 2.42. The molecule has 10 nitrogen and oxygen atoms in total. The van der Waals surface area contributed by atoms with Gasteiger partial charge in [0.2, 0.25) is 0 Å². The van der Waals surface area contributed by atoms with Crippen molar-refractivity contribution in [2.45, 2.75) is 0 Å². The third kappa shape index (κ3) is 5.47. The minimum Gasteiger partial charge on any atom is -0.497 e. The van der Waals surface area contributed by atoms with Gasteiger partial charge in [0.1, 0.15) is 18.1 Å². The van der Waals surface area contributed by atoms with Crippen molar-refractivity contribution in [3.63, 3.8) is 0 Å². The summed E-state index contributed by atoms with van der Waals surface area (Å²) < 4.78 is 21.0. The Balaban J connectivity index is 2.32. The van der Waals surface area contributed by atoms with E-state index in [-0.39, 0.29) is 34.9 Å². The van der Waals surface area contributed by atoms with Crippen LogP contribution in [0.15, 0.2) is 48.1 Å². The van der Waals surface area contributed by atoms with Gasteiger partial charge in [0.15, 0.2) is 11.5 Å². The lowest BCUT2D eigenvalue weighted by Crippen LogP contribution is -2.18. The molecule has 2 aromatic carbocycles. The Hall–Kier alpha value is -4.08. The quantitative estimate of drug-likeness (QED) is 0.274. The van der Waals surface area contributed by atoms with Gasteiger partial charge in [-0.3, -0.25) is 14.9 Å². The van der Waals surface area contributed by atoms with E-state index in [9.17, 15) is 14.9 Å². The van der Waals surface area contributed by atoms with E-state index in [1.165, 1.54) is 57.9 Å². The average Bonchev–Trinajstić information content (AvgIpc) is 2.76. The number of methoxy groups -OCH3 is 3. The third-order valence-corrected chi connectivity index (χ3v) is 3.83. The summed E-state index contributed by atoms with van der Waals surface area (Å²) in [6, 6.07) is 7.14. The summed E-state index contributed by atoms with van der Waals surface area (Å²) in [5.41, 5.74) is 2.63. The largest absolute Gasteiger partial charge is 0.497 e. The number of ether oxygens (including phenoxy) is 4. The molecule has 0 spiro atoms. The van der Waals surface area contributed by atoms with Crippen molar-refractivity contribution in [2.75, 3.05) is 27.9 Å². The van der Waals surface area contributed by atoms with Crippen molar-refractivity contribution >= 4 is 17.8 Å². The van der Waals surface area contributed by atoms with E-state index in [1.807, 2.05) is 0 Å². The van der Waals surface area contributed by atoms with Crippen molar-refractivity contribution in [1.29, 1.82) is 0 Å². The maximum absolute atomic E-state index is 12.4. The van der Waals surface area contributed by atoms with E-state index < -0.39 is 10.8 Å². The first-order chi connectivity index (χ1) is 14.4. The molecule has 2 rings (SSSR count). The first-order valence-corrected chi connectivity index (χ1v) is 8.60. The van der Waals surface area contributed by atoms with E-state index in [1.54, 1.807) is 6.07 Å². The molecule has 1 amide bonds. The van der Waals surface area contributed by atoms with E-state index >= 15 is 0 Å². The number of nitro groups is 1. The van der Waals surface area contributed by atoms with Gasteiger partial charge in [0.05, 0.1) is 38.5 Å². The highest BCUT2D eigenvalue weighted by Gasteiger charge is 2.18. The number of rotatable bonds is 10. The number of hydrogen-bond acceptors (Lipinski definition) is 8. The summed E-state index contributed by atoms with van der Waals surface area (Å²) in [5.74, 6) is 0.717. The molecular formula is C20H21N3O7. The molecule has 2 aromatic rings. The molecule has 0 aliphatic heterocycles. The topological polar surface area (TPSA) is 122 Å². The lowest BCUT2D eigenvalue weighted by Gasteiger charge is -2.12. The zero-order valence-electron chi connectivity index (χ0n) is 16.7. The van der Waals surface area contributed by atoms with Crippen LogP contribution in [0.5, 0.6) is 23.0 Å². The van der Waals surface area contributed by atoms with Crippen LogP contribution in [0.1, 0.15) is 15.9 Å². The number of non-ortho nitro benzene ring substituents is 1. The maximum Gasteiger partial charge on any atom is 0.274 e. The predicted molar refractivity (Wildman–Crippen MR) is 110 cm³/mol. The molecule has 0 bridgehead atoms. The number of amides is 1. The molecule has 0 fully saturated rings. The standard InChI is InChI=1S/C20H21N3O7/c1-5-6-30-19-14(7-15(23(25)26)10-18(19)29-4)12-21-22-20(24)13-8-16(27-2)11-17(9-13)28-3/h5,7-12H,1,6H2,2-4H3,(H,22,24). The SMILES string of the molecule is C=CCOc1c(C=NNC(=O)c2cc(OC)cc(OC)c2)cc([N+](=O)[O-])cc1OC. The number of carbonyl (C=O) groups excluding carboxylic acids is 1. The van der Waals surface area contributed by atoms with Crippen molar-refractivity contribution in [2.24, 2.45) is 5.10 Å². The fourth-order valence-corrected chi connectivity index (χ4v) is 2.42. The molecule has 1 N–H and O–H groups in total. The number of hydrazone groups is 1. The molecule has 0 aliphatic rings. The molecule has 30 heavy (non-hydrogen) atoms. The van der Waals surface area contributed by atoms with Gasteiger partial charge >= 0.3 is 0 Å². The van der Waals surface area contributed by atoms with Gasteiger partial charge in [0.25, 0.3) is 11.6 Å². The Kier molecular flexibility index (Phi) is 7.74. The second kappa shape index (κ2) is 10.5. The molecule has 0 radical (unpaired) electrons. The molecule has 0 saturated carbocycles. The Morgan fingerprint density at radius 2 is 1.80 bits per heavy atom. The number of hydrogen-bond donors (Lipinski definition) is 1. The zero-order chi connectivity index (χ0) is 22.1. The molecule has 0 heterocycles. The van der Waals surface area contributed by atoms with Crippen molar-refractivity contribution in [1.82, 2.24) is 5.43 Å². The first kappa shape index (κ1) is 22.2. The van der Waals surface area contributed by atoms with Gasteiger partial charge in [-0.25, -0.2) is 5.43 Å². The molecule has 10 heteroatoms. The van der Waals surface area contributed by atoms with E-state index in [2.05, 4.69) is 17.1 Å². The number of carbonyl (C=O) groups is 1. The van der Waals surface area contributed by atoms with Gasteiger partial charge < -0.3 is 18.9 Å². The second-order valence-electron chi connectivity index (χ2n) is 5.72. The lowest BCUT2D eigenvalue weighted by atomic mass is 10.1. The lowest BCUT2D eigenvalue weighted by molar-refractivity contribution is -0.385.